The van der Waals surface area contributed by atoms with Crippen LogP contribution in [0.15, 0.2) is 83.8 Å². The summed E-state index contributed by atoms with van der Waals surface area (Å²) in [7, 11) is -2.57. The Morgan fingerprint density at radius 1 is 0.943 bits per heavy atom. The Morgan fingerprint density at radius 3 is 2.11 bits per heavy atom. The molecule has 0 radical (unpaired) electrons. The number of rotatable bonds is 9. The number of carbonyl (C=O) groups is 2. The molecule has 0 heterocycles. The smallest absolute Gasteiger partial charge is 0.264 e. The van der Waals surface area contributed by atoms with E-state index in [2.05, 4.69) is 5.32 Å². The highest BCUT2D eigenvalue weighted by molar-refractivity contribution is 7.92. The molecule has 0 saturated carbocycles. The maximum atomic E-state index is 13.6. The van der Waals surface area contributed by atoms with Crippen LogP contribution in [0.25, 0.3) is 0 Å². The first kappa shape index (κ1) is 26.2. The van der Waals surface area contributed by atoms with Crippen LogP contribution in [0.1, 0.15) is 18.1 Å². The minimum Gasteiger partial charge on any atom is -0.357 e. The SMILES string of the molecule is CNC(=O)[C@H](C)N(Cc1ccc(Cl)cc1)C(=O)CN(c1ccccc1)S(=O)(=O)c1ccc(C)cc1. The molecule has 3 aromatic rings. The average molecular weight is 514 g/mol. The van der Waals surface area contributed by atoms with E-state index < -0.39 is 28.5 Å². The fourth-order valence-corrected chi connectivity index (χ4v) is 5.08. The number of para-hydroxylation sites is 1. The van der Waals surface area contributed by atoms with Crippen LogP contribution in [0.2, 0.25) is 5.02 Å². The monoisotopic (exact) mass is 513 g/mol. The Hall–Kier alpha value is -3.36. The van der Waals surface area contributed by atoms with Gasteiger partial charge < -0.3 is 10.2 Å². The lowest BCUT2D eigenvalue weighted by molar-refractivity contribution is -0.139. The van der Waals surface area contributed by atoms with Gasteiger partial charge in [-0.1, -0.05) is 59.6 Å². The van der Waals surface area contributed by atoms with Gasteiger partial charge in [0.2, 0.25) is 11.8 Å². The third kappa shape index (κ3) is 6.41. The van der Waals surface area contributed by atoms with Crippen molar-refractivity contribution in [2.75, 3.05) is 17.9 Å². The number of aryl methyl sites for hydroxylation is 1. The molecule has 9 heteroatoms. The Bertz CT molecular complexity index is 1260. The van der Waals surface area contributed by atoms with E-state index in [9.17, 15) is 18.0 Å². The van der Waals surface area contributed by atoms with Crippen molar-refractivity contribution in [2.45, 2.75) is 31.3 Å². The number of hydrogen-bond donors (Lipinski definition) is 1. The molecule has 0 aliphatic heterocycles. The maximum Gasteiger partial charge on any atom is 0.264 e. The topological polar surface area (TPSA) is 86.8 Å². The number of hydrogen-bond acceptors (Lipinski definition) is 4. The molecule has 1 atom stereocenters. The largest absolute Gasteiger partial charge is 0.357 e. The van der Waals surface area contributed by atoms with Crippen LogP contribution < -0.4 is 9.62 Å². The minimum atomic E-state index is -4.06. The predicted molar refractivity (Wildman–Crippen MR) is 138 cm³/mol. The number of likely N-dealkylation sites (N-methyl/N-ethyl adjacent to an activating group) is 1. The standard InChI is InChI=1S/C26H28ClN3O4S/c1-19-9-15-24(16-10-19)35(33,34)30(23-7-5-4-6-8-23)18-25(31)29(20(2)26(32)28-3)17-21-11-13-22(27)14-12-21/h4-16,20H,17-18H2,1-3H3,(H,28,32)/t20-/m0/s1. The Labute approximate surface area is 211 Å². The molecule has 184 valence electrons. The summed E-state index contributed by atoms with van der Waals surface area (Å²) < 4.78 is 28.3. The van der Waals surface area contributed by atoms with Crippen molar-refractivity contribution in [3.8, 4) is 0 Å². The van der Waals surface area contributed by atoms with E-state index in [1.807, 2.05) is 6.92 Å². The highest BCUT2D eigenvalue weighted by Gasteiger charge is 2.32. The maximum absolute atomic E-state index is 13.6. The summed E-state index contributed by atoms with van der Waals surface area (Å²) in [6.45, 7) is 3.10. The molecule has 0 saturated heterocycles. The minimum absolute atomic E-state index is 0.0726. The van der Waals surface area contributed by atoms with Crippen LogP contribution in [-0.2, 0) is 26.2 Å². The van der Waals surface area contributed by atoms with Gasteiger partial charge in [0.1, 0.15) is 12.6 Å². The summed E-state index contributed by atoms with van der Waals surface area (Å²) in [4.78, 5) is 27.5. The second-order valence-electron chi connectivity index (χ2n) is 8.10. The van der Waals surface area contributed by atoms with Crippen LogP contribution >= 0.6 is 11.6 Å². The van der Waals surface area contributed by atoms with Crippen molar-refractivity contribution in [2.24, 2.45) is 0 Å². The van der Waals surface area contributed by atoms with Gasteiger partial charge >= 0.3 is 0 Å². The van der Waals surface area contributed by atoms with Crippen molar-refractivity contribution < 1.29 is 18.0 Å². The van der Waals surface area contributed by atoms with Crippen molar-refractivity contribution in [3.63, 3.8) is 0 Å². The lowest BCUT2D eigenvalue weighted by Crippen LogP contribution is -2.50. The number of anilines is 1. The van der Waals surface area contributed by atoms with E-state index in [0.29, 0.717) is 10.7 Å². The predicted octanol–water partition coefficient (Wildman–Crippen LogP) is 4.01. The zero-order valence-electron chi connectivity index (χ0n) is 19.8. The molecule has 0 unspecified atom stereocenters. The first-order valence-corrected chi connectivity index (χ1v) is 12.8. The molecule has 0 bridgehead atoms. The molecule has 0 aromatic heterocycles. The molecule has 2 amide bonds. The lowest BCUT2D eigenvalue weighted by Gasteiger charge is -2.31. The molecule has 3 aromatic carbocycles. The van der Waals surface area contributed by atoms with Crippen molar-refractivity contribution >= 4 is 39.1 Å². The fourth-order valence-electron chi connectivity index (χ4n) is 3.54. The number of benzene rings is 3. The molecule has 0 aliphatic carbocycles. The van der Waals surface area contributed by atoms with Crippen LogP contribution in [0.5, 0.6) is 0 Å². The molecule has 0 fully saturated rings. The molecule has 0 spiro atoms. The summed E-state index contributed by atoms with van der Waals surface area (Å²) in [6.07, 6.45) is 0. The van der Waals surface area contributed by atoms with Gasteiger partial charge in [0.05, 0.1) is 10.6 Å². The summed E-state index contributed by atoms with van der Waals surface area (Å²) >= 11 is 5.98. The molecular weight excluding hydrogens is 486 g/mol. The van der Waals surface area contributed by atoms with Gasteiger partial charge in [-0.3, -0.25) is 13.9 Å². The third-order valence-electron chi connectivity index (χ3n) is 5.61. The number of nitrogens with zero attached hydrogens (tertiary/aromatic N) is 2. The lowest BCUT2D eigenvalue weighted by atomic mass is 10.1. The van der Waals surface area contributed by atoms with Gasteiger partial charge in [-0.15, -0.1) is 0 Å². The second kappa shape index (κ2) is 11.4. The van der Waals surface area contributed by atoms with E-state index in [1.165, 1.54) is 24.1 Å². The fraction of sp³-hybridized carbons (Fsp3) is 0.231. The molecule has 1 N–H and O–H groups in total. The quantitative estimate of drug-likeness (QED) is 0.468. The number of halogens is 1. The molecule has 0 aliphatic rings. The Balaban J connectivity index is 1.99. The van der Waals surface area contributed by atoms with Crippen molar-refractivity contribution in [1.29, 1.82) is 0 Å². The van der Waals surface area contributed by atoms with E-state index in [0.717, 1.165) is 15.4 Å². The zero-order chi connectivity index (χ0) is 25.6. The summed E-state index contributed by atoms with van der Waals surface area (Å²) in [5.74, 6) is -0.879. The number of nitrogens with one attached hydrogen (secondary N) is 1. The van der Waals surface area contributed by atoms with Gasteiger partial charge in [0.25, 0.3) is 10.0 Å². The Morgan fingerprint density at radius 2 is 1.54 bits per heavy atom. The molecule has 3 rings (SSSR count). The van der Waals surface area contributed by atoms with E-state index in [4.69, 9.17) is 11.6 Å². The summed E-state index contributed by atoms with van der Waals surface area (Å²) in [5.41, 5.74) is 2.02. The number of carbonyl (C=O) groups excluding carboxylic acids is 2. The van der Waals surface area contributed by atoms with Gasteiger partial charge in [0.15, 0.2) is 0 Å². The van der Waals surface area contributed by atoms with Crippen molar-refractivity contribution in [1.82, 2.24) is 10.2 Å². The number of amides is 2. The first-order valence-electron chi connectivity index (χ1n) is 11.0. The molecular formula is C26H28ClN3O4S. The number of sulfonamides is 1. The highest BCUT2D eigenvalue weighted by Crippen LogP contribution is 2.24. The van der Waals surface area contributed by atoms with Crippen LogP contribution in [0.4, 0.5) is 5.69 Å². The van der Waals surface area contributed by atoms with Crippen molar-refractivity contribution in [3.05, 3.63) is 95.0 Å². The molecule has 7 nitrogen and oxygen atoms in total. The van der Waals surface area contributed by atoms with E-state index in [-0.39, 0.29) is 17.3 Å². The highest BCUT2D eigenvalue weighted by atomic mass is 35.5. The van der Waals surface area contributed by atoms with Gasteiger partial charge in [-0.05, 0) is 55.8 Å². The third-order valence-corrected chi connectivity index (χ3v) is 7.65. The average Bonchev–Trinajstić information content (AvgIpc) is 2.86. The second-order valence-corrected chi connectivity index (χ2v) is 10.4. The zero-order valence-corrected chi connectivity index (χ0v) is 21.4. The first-order chi connectivity index (χ1) is 16.6. The van der Waals surface area contributed by atoms with E-state index in [1.54, 1.807) is 73.7 Å². The van der Waals surface area contributed by atoms with Crippen LogP contribution in [-0.4, -0.2) is 44.8 Å². The summed E-state index contributed by atoms with van der Waals surface area (Å²) in [6, 6.07) is 21.0. The van der Waals surface area contributed by atoms with Crippen LogP contribution in [0, 0.1) is 6.92 Å². The molecule has 35 heavy (non-hydrogen) atoms. The normalized spacial score (nSPS) is 12.0. The van der Waals surface area contributed by atoms with Crippen LogP contribution in [0.3, 0.4) is 0 Å². The Kier molecular flexibility index (Phi) is 8.53. The van der Waals surface area contributed by atoms with Gasteiger partial charge in [-0.2, -0.15) is 0 Å². The van der Waals surface area contributed by atoms with E-state index >= 15 is 0 Å². The van der Waals surface area contributed by atoms with Gasteiger partial charge in [-0.25, -0.2) is 8.42 Å². The summed E-state index contributed by atoms with van der Waals surface area (Å²) in [5, 5.41) is 3.10. The van der Waals surface area contributed by atoms with Gasteiger partial charge in [0, 0.05) is 18.6 Å².